The third-order valence-corrected chi connectivity index (χ3v) is 3.78. The van der Waals surface area contributed by atoms with Gasteiger partial charge in [-0.1, -0.05) is 59.7 Å². The van der Waals surface area contributed by atoms with Gasteiger partial charge in [-0.05, 0) is 25.0 Å². The lowest BCUT2D eigenvalue weighted by molar-refractivity contribution is 1.05. The largest absolute Gasteiger partial charge is 0.366 e. The van der Waals surface area contributed by atoms with E-state index in [4.69, 9.17) is 0 Å². The molecule has 0 amide bonds. The fourth-order valence-corrected chi connectivity index (χ4v) is 2.58. The highest BCUT2D eigenvalue weighted by Crippen LogP contribution is 2.13. The van der Waals surface area contributed by atoms with Gasteiger partial charge < -0.3 is 10.6 Å². The molecule has 2 N–H and O–H groups in total. The lowest BCUT2D eigenvalue weighted by atomic mass is 10.1. The van der Waals surface area contributed by atoms with Crippen LogP contribution in [-0.4, -0.2) is 9.97 Å². The number of benzene rings is 2. The smallest absolute Gasteiger partial charge is 0.131 e. The highest BCUT2D eigenvalue weighted by Gasteiger charge is 2.00. The van der Waals surface area contributed by atoms with Gasteiger partial charge in [-0.2, -0.15) is 0 Å². The van der Waals surface area contributed by atoms with E-state index in [9.17, 15) is 0 Å². The van der Waals surface area contributed by atoms with E-state index in [1.807, 2.05) is 6.07 Å². The molecule has 0 radical (unpaired) electrons. The van der Waals surface area contributed by atoms with Crippen molar-refractivity contribution in [3.8, 4) is 0 Å². The van der Waals surface area contributed by atoms with Gasteiger partial charge in [0.2, 0.25) is 0 Å². The summed E-state index contributed by atoms with van der Waals surface area (Å²) in [6, 6.07) is 18.8. The molecule has 0 saturated carbocycles. The Balaban J connectivity index is 1.59. The van der Waals surface area contributed by atoms with E-state index >= 15 is 0 Å². The van der Waals surface area contributed by atoms with E-state index in [0.717, 1.165) is 24.7 Å². The molecule has 0 aliphatic carbocycles. The molecule has 0 bridgehead atoms. The van der Waals surface area contributed by atoms with Crippen molar-refractivity contribution in [2.24, 2.45) is 0 Å². The van der Waals surface area contributed by atoms with E-state index in [1.165, 1.54) is 22.3 Å². The molecule has 0 unspecified atom stereocenters. The number of hydrogen-bond donors (Lipinski definition) is 2. The Morgan fingerprint density at radius 2 is 1.21 bits per heavy atom. The zero-order valence-electron chi connectivity index (χ0n) is 14.1. The predicted molar refractivity (Wildman–Crippen MR) is 99.0 cm³/mol. The third-order valence-electron chi connectivity index (χ3n) is 3.78. The lowest BCUT2D eigenvalue weighted by Crippen LogP contribution is -2.05. The molecule has 0 spiro atoms. The highest BCUT2D eigenvalue weighted by molar-refractivity contribution is 5.47. The van der Waals surface area contributed by atoms with Crippen LogP contribution in [0.25, 0.3) is 0 Å². The summed E-state index contributed by atoms with van der Waals surface area (Å²) in [5, 5.41) is 6.69. The molecule has 0 aliphatic rings. The Labute approximate surface area is 143 Å². The fraction of sp³-hybridized carbons (Fsp3) is 0.200. The van der Waals surface area contributed by atoms with Gasteiger partial charge in [-0.15, -0.1) is 0 Å². The van der Waals surface area contributed by atoms with Crippen molar-refractivity contribution in [3.63, 3.8) is 0 Å². The number of hydrogen-bond acceptors (Lipinski definition) is 4. The van der Waals surface area contributed by atoms with Crippen molar-refractivity contribution in [2.45, 2.75) is 26.9 Å². The monoisotopic (exact) mass is 318 g/mol. The van der Waals surface area contributed by atoms with E-state index in [0.29, 0.717) is 0 Å². The van der Waals surface area contributed by atoms with Gasteiger partial charge in [0, 0.05) is 19.2 Å². The minimum atomic E-state index is 0.746. The number of aryl methyl sites for hydroxylation is 2. The van der Waals surface area contributed by atoms with Crippen LogP contribution in [0.3, 0.4) is 0 Å². The van der Waals surface area contributed by atoms with Gasteiger partial charge in [0.15, 0.2) is 0 Å². The van der Waals surface area contributed by atoms with Crippen molar-refractivity contribution >= 4 is 11.6 Å². The second kappa shape index (κ2) is 7.59. The molecular formula is C20H22N4. The minimum Gasteiger partial charge on any atom is -0.366 e. The van der Waals surface area contributed by atoms with Crippen molar-refractivity contribution in [2.75, 3.05) is 10.6 Å². The van der Waals surface area contributed by atoms with Crippen LogP contribution >= 0.6 is 0 Å². The molecule has 0 saturated heterocycles. The number of aromatic nitrogens is 2. The van der Waals surface area contributed by atoms with Gasteiger partial charge in [-0.25, -0.2) is 9.97 Å². The van der Waals surface area contributed by atoms with E-state index in [2.05, 4.69) is 83.0 Å². The summed E-state index contributed by atoms with van der Waals surface area (Å²) in [6.07, 6.45) is 1.58. The van der Waals surface area contributed by atoms with Crippen LogP contribution in [0.1, 0.15) is 22.3 Å². The van der Waals surface area contributed by atoms with Gasteiger partial charge in [0.25, 0.3) is 0 Å². The first-order chi connectivity index (χ1) is 11.7. The Kier molecular flexibility index (Phi) is 5.06. The molecule has 0 aliphatic heterocycles. The Morgan fingerprint density at radius 1 is 0.708 bits per heavy atom. The van der Waals surface area contributed by atoms with Crippen LogP contribution < -0.4 is 10.6 Å². The van der Waals surface area contributed by atoms with E-state index in [-0.39, 0.29) is 0 Å². The summed E-state index contributed by atoms with van der Waals surface area (Å²) in [5.41, 5.74) is 5.00. The second-order valence-electron chi connectivity index (χ2n) is 5.97. The molecule has 0 atom stereocenters. The predicted octanol–water partition coefficient (Wildman–Crippen LogP) is 4.32. The van der Waals surface area contributed by atoms with Crippen LogP contribution in [0.15, 0.2) is 60.9 Å². The van der Waals surface area contributed by atoms with E-state index < -0.39 is 0 Å². The molecular weight excluding hydrogens is 296 g/mol. The van der Waals surface area contributed by atoms with Crippen molar-refractivity contribution in [3.05, 3.63) is 83.2 Å². The molecule has 3 aromatic rings. The fourth-order valence-electron chi connectivity index (χ4n) is 2.58. The summed E-state index contributed by atoms with van der Waals surface area (Å²) < 4.78 is 0. The molecule has 24 heavy (non-hydrogen) atoms. The van der Waals surface area contributed by atoms with Crippen LogP contribution in [0.4, 0.5) is 11.6 Å². The van der Waals surface area contributed by atoms with Gasteiger partial charge in [0.05, 0.1) is 0 Å². The van der Waals surface area contributed by atoms with E-state index in [1.54, 1.807) is 6.33 Å². The SMILES string of the molecule is Cc1cccc(CNc2cc(NCc3cccc(C)c3)ncn2)c1. The Morgan fingerprint density at radius 3 is 1.67 bits per heavy atom. The van der Waals surface area contributed by atoms with Crippen molar-refractivity contribution in [1.82, 2.24) is 9.97 Å². The molecule has 122 valence electrons. The molecule has 1 heterocycles. The Bertz CT molecular complexity index is 749. The highest BCUT2D eigenvalue weighted by atomic mass is 15.1. The van der Waals surface area contributed by atoms with Crippen molar-refractivity contribution in [1.29, 1.82) is 0 Å². The summed E-state index contributed by atoms with van der Waals surface area (Å²) in [5.74, 6) is 1.64. The molecule has 0 fully saturated rings. The van der Waals surface area contributed by atoms with Gasteiger partial charge in [0.1, 0.15) is 18.0 Å². The summed E-state index contributed by atoms with van der Waals surface area (Å²) >= 11 is 0. The number of anilines is 2. The average Bonchev–Trinajstić information content (AvgIpc) is 2.59. The third kappa shape index (κ3) is 4.56. The molecule has 1 aromatic heterocycles. The maximum Gasteiger partial charge on any atom is 0.131 e. The number of rotatable bonds is 6. The van der Waals surface area contributed by atoms with Gasteiger partial charge in [-0.3, -0.25) is 0 Å². The maximum atomic E-state index is 4.28. The normalized spacial score (nSPS) is 10.4. The summed E-state index contributed by atoms with van der Waals surface area (Å²) in [6.45, 7) is 5.69. The zero-order chi connectivity index (χ0) is 16.8. The Hall–Kier alpha value is -2.88. The molecule has 2 aromatic carbocycles. The van der Waals surface area contributed by atoms with Crippen molar-refractivity contribution < 1.29 is 0 Å². The maximum absolute atomic E-state index is 4.28. The quantitative estimate of drug-likeness (QED) is 0.711. The molecule has 4 nitrogen and oxygen atoms in total. The first-order valence-electron chi connectivity index (χ1n) is 8.10. The van der Waals surface area contributed by atoms with Crippen LogP contribution in [0, 0.1) is 13.8 Å². The number of nitrogens with one attached hydrogen (secondary N) is 2. The topological polar surface area (TPSA) is 49.8 Å². The first kappa shape index (κ1) is 16.0. The average molecular weight is 318 g/mol. The summed E-state index contributed by atoms with van der Waals surface area (Å²) in [4.78, 5) is 8.57. The first-order valence-corrected chi connectivity index (χ1v) is 8.10. The van der Waals surface area contributed by atoms with Crippen LogP contribution in [-0.2, 0) is 13.1 Å². The minimum absolute atomic E-state index is 0.746. The van der Waals surface area contributed by atoms with Crippen LogP contribution in [0.2, 0.25) is 0 Å². The second-order valence-corrected chi connectivity index (χ2v) is 5.97. The molecule has 3 rings (SSSR count). The number of nitrogens with zero attached hydrogens (tertiary/aromatic N) is 2. The molecule has 4 heteroatoms. The van der Waals surface area contributed by atoms with Gasteiger partial charge >= 0.3 is 0 Å². The standard InChI is InChI=1S/C20H22N4/c1-15-5-3-7-17(9-15)12-21-19-11-20(24-14-23-19)22-13-18-8-4-6-16(2)10-18/h3-11,14H,12-13H2,1-2H3,(H2,21,22,23,24). The summed E-state index contributed by atoms with van der Waals surface area (Å²) in [7, 11) is 0. The lowest BCUT2D eigenvalue weighted by Gasteiger charge is -2.09. The zero-order valence-corrected chi connectivity index (χ0v) is 14.1. The van der Waals surface area contributed by atoms with Crippen LogP contribution in [0.5, 0.6) is 0 Å².